The first-order valence-corrected chi connectivity index (χ1v) is 8.14. The number of aliphatic carboxylic acids is 1. The Morgan fingerprint density at radius 1 is 1.45 bits per heavy atom. The van der Waals surface area contributed by atoms with Gasteiger partial charge in [0.25, 0.3) is 5.91 Å². The highest BCUT2D eigenvalue weighted by Crippen LogP contribution is 2.42. The van der Waals surface area contributed by atoms with Crippen molar-refractivity contribution < 1.29 is 19.1 Å². The molecule has 0 radical (unpaired) electrons. The molecule has 1 aromatic heterocycles. The molecular weight excluding hydrogens is 278 g/mol. The zero-order valence-corrected chi connectivity index (χ0v) is 12.1. The summed E-state index contributed by atoms with van der Waals surface area (Å²) in [5.41, 5.74) is 0. The van der Waals surface area contributed by atoms with Crippen molar-refractivity contribution in [1.29, 1.82) is 0 Å². The van der Waals surface area contributed by atoms with Gasteiger partial charge in [-0.2, -0.15) is 11.8 Å². The van der Waals surface area contributed by atoms with Gasteiger partial charge >= 0.3 is 5.97 Å². The van der Waals surface area contributed by atoms with Crippen LogP contribution in [0.25, 0.3) is 0 Å². The molecule has 1 aromatic rings. The summed E-state index contributed by atoms with van der Waals surface area (Å²) in [6.07, 6.45) is 4.23. The molecule has 3 atom stereocenters. The van der Waals surface area contributed by atoms with Gasteiger partial charge in [0.15, 0.2) is 5.76 Å². The number of nitrogens with zero attached hydrogens (tertiary/aromatic N) is 1. The number of rotatable bonds is 4. The minimum absolute atomic E-state index is 0.0581. The lowest BCUT2D eigenvalue weighted by atomic mass is 9.89. The summed E-state index contributed by atoms with van der Waals surface area (Å²) < 4.78 is 5.56. The van der Waals surface area contributed by atoms with Crippen LogP contribution in [0.2, 0.25) is 0 Å². The van der Waals surface area contributed by atoms with E-state index in [1.54, 1.807) is 22.7 Å². The SMILES string of the molecule is CSCc1ccc(C(=O)N2C3CCC2C(C(=O)O)C3)o1. The van der Waals surface area contributed by atoms with Gasteiger partial charge in [-0.15, -0.1) is 0 Å². The molecule has 1 amide bonds. The minimum atomic E-state index is -0.794. The quantitative estimate of drug-likeness (QED) is 0.922. The van der Waals surface area contributed by atoms with Crippen molar-refractivity contribution in [2.24, 2.45) is 5.92 Å². The van der Waals surface area contributed by atoms with Gasteiger partial charge in [0.2, 0.25) is 0 Å². The number of amides is 1. The highest BCUT2D eigenvalue weighted by atomic mass is 32.2. The first-order valence-electron chi connectivity index (χ1n) is 6.75. The zero-order chi connectivity index (χ0) is 14.3. The van der Waals surface area contributed by atoms with Crippen molar-refractivity contribution in [2.45, 2.75) is 37.1 Å². The molecule has 0 saturated carbocycles. The van der Waals surface area contributed by atoms with Crippen LogP contribution < -0.4 is 0 Å². The zero-order valence-electron chi connectivity index (χ0n) is 11.2. The molecule has 2 aliphatic heterocycles. The van der Waals surface area contributed by atoms with Crippen LogP contribution in [0.4, 0.5) is 0 Å². The van der Waals surface area contributed by atoms with Gasteiger partial charge in [0.1, 0.15) is 5.76 Å². The van der Waals surface area contributed by atoms with Crippen LogP contribution in [0.5, 0.6) is 0 Å². The van der Waals surface area contributed by atoms with Gasteiger partial charge in [-0.3, -0.25) is 9.59 Å². The highest BCUT2D eigenvalue weighted by molar-refractivity contribution is 7.97. The van der Waals surface area contributed by atoms with E-state index < -0.39 is 11.9 Å². The second-order valence-electron chi connectivity index (χ2n) is 5.39. The Hall–Kier alpha value is -1.43. The lowest BCUT2D eigenvalue weighted by Gasteiger charge is -2.21. The summed E-state index contributed by atoms with van der Waals surface area (Å²) in [6, 6.07) is 3.40. The lowest BCUT2D eigenvalue weighted by molar-refractivity contribution is -0.142. The van der Waals surface area contributed by atoms with Gasteiger partial charge in [0, 0.05) is 12.1 Å². The van der Waals surface area contributed by atoms with Crippen molar-refractivity contribution in [3.63, 3.8) is 0 Å². The van der Waals surface area contributed by atoms with Crippen LogP contribution in [0.3, 0.4) is 0 Å². The Labute approximate surface area is 121 Å². The van der Waals surface area contributed by atoms with Gasteiger partial charge < -0.3 is 14.4 Å². The van der Waals surface area contributed by atoms with Crippen LogP contribution in [0.1, 0.15) is 35.6 Å². The van der Waals surface area contributed by atoms with Crippen molar-refractivity contribution in [3.8, 4) is 0 Å². The van der Waals surface area contributed by atoms with Crippen molar-refractivity contribution in [3.05, 3.63) is 23.7 Å². The van der Waals surface area contributed by atoms with Crippen LogP contribution in [0.15, 0.2) is 16.5 Å². The summed E-state index contributed by atoms with van der Waals surface area (Å²) in [5, 5.41) is 9.22. The number of carbonyl (C=O) groups is 2. The molecule has 0 aliphatic carbocycles. The Morgan fingerprint density at radius 3 is 2.90 bits per heavy atom. The number of hydrogen-bond acceptors (Lipinski definition) is 4. The van der Waals surface area contributed by atoms with E-state index in [0.29, 0.717) is 12.2 Å². The number of carboxylic acid groups (broad SMARTS) is 1. The Bertz CT molecular complexity index is 541. The molecule has 3 rings (SSSR count). The maximum Gasteiger partial charge on any atom is 0.308 e. The molecule has 3 unspecified atom stereocenters. The summed E-state index contributed by atoms with van der Waals surface area (Å²) in [5.74, 6) is 0.473. The molecule has 20 heavy (non-hydrogen) atoms. The Kier molecular flexibility index (Phi) is 3.50. The van der Waals surface area contributed by atoms with Gasteiger partial charge in [-0.05, 0) is 37.7 Å². The lowest BCUT2D eigenvalue weighted by Crippen LogP contribution is -2.37. The number of carbonyl (C=O) groups excluding carboxylic acids is 1. The molecule has 2 fully saturated rings. The van der Waals surface area contributed by atoms with E-state index in [1.807, 2.05) is 12.3 Å². The van der Waals surface area contributed by atoms with E-state index in [-0.39, 0.29) is 18.0 Å². The van der Waals surface area contributed by atoms with E-state index in [2.05, 4.69) is 0 Å². The maximum absolute atomic E-state index is 12.5. The molecule has 0 spiro atoms. The summed E-state index contributed by atoms with van der Waals surface area (Å²) in [4.78, 5) is 25.5. The number of carboxylic acids is 1. The first kappa shape index (κ1) is 13.5. The third-order valence-corrected chi connectivity index (χ3v) is 4.82. The molecule has 2 bridgehead atoms. The topological polar surface area (TPSA) is 70.8 Å². The van der Waals surface area contributed by atoms with E-state index in [9.17, 15) is 14.7 Å². The minimum Gasteiger partial charge on any atom is -0.481 e. The Morgan fingerprint density at radius 2 is 2.25 bits per heavy atom. The smallest absolute Gasteiger partial charge is 0.308 e. The van der Waals surface area contributed by atoms with E-state index in [0.717, 1.165) is 24.4 Å². The summed E-state index contributed by atoms with van der Waals surface area (Å²) in [6.45, 7) is 0. The molecule has 1 N–H and O–H groups in total. The highest BCUT2D eigenvalue weighted by Gasteiger charge is 2.51. The molecule has 2 aliphatic rings. The summed E-state index contributed by atoms with van der Waals surface area (Å²) >= 11 is 1.63. The first-order chi connectivity index (χ1) is 9.61. The predicted octanol–water partition coefficient (Wildman–Crippen LogP) is 2.22. The van der Waals surface area contributed by atoms with Crippen LogP contribution in [-0.4, -0.2) is 40.2 Å². The second kappa shape index (κ2) is 5.16. The predicted molar refractivity (Wildman–Crippen MR) is 74.6 cm³/mol. The second-order valence-corrected chi connectivity index (χ2v) is 6.26. The van der Waals surface area contributed by atoms with Crippen molar-refractivity contribution >= 4 is 23.6 Å². The van der Waals surface area contributed by atoms with Crippen LogP contribution in [0, 0.1) is 5.92 Å². The van der Waals surface area contributed by atoms with Crippen LogP contribution >= 0.6 is 11.8 Å². The molecule has 2 saturated heterocycles. The monoisotopic (exact) mass is 295 g/mol. The van der Waals surface area contributed by atoms with Crippen molar-refractivity contribution in [1.82, 2.24) is 4.90 Å². The molecule has 6 heteroatoms. The van der Waals surface area contributed by atoms with Gasteiger partial charge in [0.05, 0.1) is 11.7 Å². The van der Waals surface area contributed by atoms with E-state index in [4.69, 9.17) is 4.42 Å². The maximum atomic E-state index is 12.5. The van der Waals surface area contributed by atoms with Gasteiger partial charge in [-0.1, -0.05) is 0 Å². The average molecular weight is 295 g/mol. The number of hydrogen-bond donors (Lipinski definition) is 1. The van der Waals surface area contributed by atoms with Crippen LogP contribution in [-0.2, 0) is 10.5 Å². The molecule has 0 aromatic carbocycles. The number of fused-ring (bicyclic) bond motifs is 2. The molecule has 3 heterocycles. The fourth-order valence-electron chi connectivity index (χ4n) is 3.41. The third-order valence-electron chi connectivity index (χ3n) is 4.25. The number of thioether (sulfide) groups is 1. The van der Waals surface area contributed by atoms with Crippen molar-refractivity contribution in [2.75, 3.05) is 6.26 Å². The summed E-state index contributed by atoms with van der Waals surface area (Å²) in [7, 11) is 0. The van der Waals surface area contributed by atoms with Gasteiger partial charge in [-0.25, -0.2) is 0 Å². The largest absolute Gasteiger partial charge is 0.481 e. The average Bonchev–Trinajstić information content (AvgIpc) is 3.11. The third kappa shape index (κ3) is 2.12. The normalized spacial score (nSPS) is 28.1. The molecule has 108 valence electrons. The molecule has 5 nitrogen and oxygen atoms in total. The molecular formula is C14H17NO4S. The Balaban J connectivity index is 1.79. The van der Waals surface area contributed by atoms with E-state index >= 15 is 0 Å². The fourth-order valence-corrected chi connectivity index (χ4v) is 3.85. The number of furan rings is 1. The fraction of sp³-hybridized carbons (Fsp3) is 0.571. The standard InChI is InChI=1S/C14H17NO4S/c1-20-7-9-3-5-12(19-9)13(16)15-8-2-4-11(15)10(6-8)14(17)18/h3,5,8,10-11H,2,4,6-7H2,1H3,(H,17,18). The van der Waals surface area contributed by atoms with E-state index in [1.165, 1.54) is 0 Å².